The van der Waals surface area contributed by atoms with Crippen molar-refractivity contribution in [3.8, 4) is 0 Å². The fourth-order valence-corrected chi connectivity index (χ4v) is 3.76. The van der Waals surface area contributed by atoms with Crippen molar-refractivity contribution in [2.75, 3.05) is 5.33 Å². The molecule has 0 saturated heterocycles. The van der Waals surface area contributed by atoms with Crippen molar-refractivity contribution in [2.45, 2.75) is 104 Å². The Hall–Kier alpha value is -0.870. The monoisotopic (exact) mass is 468 g/mol. The second-order valence-corrected chi connectivity index (χ2v) is 9.61. The topological polar surface area (TPSA) is 35.5 Å². The molecule has 0 aromatic carbocycles. The Morgan fingerprint density at radius 3 is 2.52 bits per heavy atom. The predicted molar refractivity (Wildman–Crippen MR) is 126 cm³/mol. The van der Waals surface area contributed by atoms with Gasteiger partial charge in [0.2, 0.25) is 0 Å². The molecule has 1 rings (SSSR count). The molecule has 1 saturated carbocycles. The highest BCUT2D eigenvalue weighted by molar-refractivity contribution is 9.09. The lowest BCUT2D eigenvalue weighted by Gasteiger charge is -2.24. The van der Waals surface area contributed by atoms with Gasteiger partial charge in [-0.3, -0.25) is 4.79 Å². The van der Waals surface area contributed by atoms with Gasteiger partial charge in [-0.15, -0.1) is 0 Å². The van der Waals surface area contributed by atoms with Crippen LogP contribution in [0.15, 0.2) is 36.0 Å². The first kappa shape index (κ1) is 26.2. The minimum absolute atomic E-state index is 0.116. The summed E-state index contributed by atoms with van der Waals surface area (Å²) >= 11 is 3.19. The van der Waals surface area contributed by atoms with Gasteiger partial charge in [0.05, 0.1) is 11.7 Å². The molecule has 0 N–H and O–H groups in total. The molecule has 1 aliphatic carbocycles. The fraction of sp³-hybridized carbons (Fsp3) is 0.720. The van der Waals surface area contributed by atoms with Crippen molar-refractivity contribution in [3.05, 3.63) is 36.0 Å². The summed E-state index contributed by atoms with van der Waals surface area (Å²) in [6, 6.07) is 0. The Kier molecular flexibility index (Phi) is 12.8. The zero-order valence-electron chi connectivity index (χ0n) is 19.1. The fourth-order valence-electron chi connectivity index (χ4n) is 3.63. The molecule has 0 spiro atoms. The van der Waals surface area contributed by atoms with E-state index in [0.29, 0.717) is 0 Å². The van der Waals surface area contributed by atoms with Crippen molar-refractivity contribution in [1.82, 2.24) is 0 Å². The lowest BCUT2D eigenvalue weighted by atomic mass is 10.0. The highest BCUT2D eigenvalue weighted by atomic mass is 79.9. The number of hydrogen-bond acceptors (Lipinski definition) is 3. The van der Waals surface area contributed by atoms with Crippen LogP contribution in [0.25, 0.3) is 0 Å². The largest absolute Gasteiger partial charge is 0.461 e. The molecule has 0 aliphatic heterocycles. The molecular weight excluding hydrogens is 428 g/mol. The molecule has 0 radical (unpaired) electrons. The molecule has 0 amide bonds. The van der Waals surface area contributed by atoms with Crippen molar-refractivity contribution < 1.29 is 14.3 Å². The lowest BCUT2D eigenvalue weighted by molar-refractivity contribution is -0.147. The van der Waals surface area contributed by atoms with E-state index in [9.17, 15) is 4.79 Å². The first-order chi connectivity index (χ1) is 13.7. The number of ether oxygens (including phenoxy) is 2. The molecule has 0 heterocycles. The summed E-state index contributed by atoms with van der Waals surface area (Å²) in [5.74, 6) is -0.0183. The number of unbranched alkanes of at least 4 members (excludes halogenated alkanes) is 5. The van der Waals surface area contributed by atoms with Crippen LogP contribution in [-0.2, 0) is 14.3 Å². The SMILES string of the molecule is CCCCCCC/C=C/C=C(C)/C=C/[C@H]1C[C@@H](OC(C)(C)C)C[C@@H]1OC(=O)CBr. The molecular formula is C25H41BrO3. The Balaban J connectivity index is 2.56. The summed E-state index contributed by atoms with van der Waals surface area (Å²) in [6.07, 6.45) is 20.3. The van der Waals surface area contributed by atoms with Crippen LogP contribution in [0.4, 0.5) is 0 Å². The molecule has 3 nitrogen and oxygen atoms in total. The van der Waals surface area contributed by atoms with Crippen LogP contribution in [0.2, 0.25) is 0 Å². The molecule has 166 valence electrons. The summed E-state index contributed by atoms with van der Waals surface area (Å²) in [6.45, 7) is 10.6. The third-order valence-electron chi connectivity index (χ3n) is 5.00. The van der Waals surface area contributed by atoms with E-state index in [1.54, 1.807) is 0 Å². The first-order valence-corrected chi connectivity index (χ1v) is 12.3. The van der Waals surface area contributed by atoms with Gasteiger partial charge in [-0.05, 0) is 47.0 Å². The molecule has 0 unspecified atom stereocenters. The quantitative estimate of drug-likeness (QED) is 0.130. The maximum Gasteiger partial charge on any atom is 0.316 e. The van der Waals surface area contributed by atoms with Crippen molar-refractivity contribution in [1.29, 1.82) is 0 Å². The maximum absolute atomic E-state index is 11.8. The Morgan fingerprint density at radius 2 is 1.86 bits per heavy atom. The summed E-state index contributed by atoms with van der Waals surface area (Å²) in [4.78, 5) is 11.8. The molecule has 3 atom stereocenters. The van der Waals surface area contributed by atoms with Crippen LogP contribution < -0.4 is 0 Å². The number of halogens is 1. The number of carbonyl (C=O) groups excluding carboxylic acids is 1. The van der Waals surface area contributed by atoms with Gasteiger partial charge in [-0.25, -0.2) is 0 Å². The zero-order valence-corrected chi connectivity index (χ0v) is 20.7. The van der Waals surface area contributed by atoms with Crippen LogP contribution in [0, 0.1) is 5.92 Å². The van der Waals surface area contributed by atoms with Gasteiger partial charge in [0.1, 0.15) is 11.4 Å². The molecule has 0 aromatic heterocycles. The van der Waals surface area contributed by atoms with Gasteiger partial charge in [-0.1, -0.05) is 84.5 Å². The molecule has 29 heavy (non-hydrogen) atoms. The summed E-state index contributed by atoms with van der Waals surface area (Å²) < 4.78 is 11.8. The molecule has 1 aliphatic rings. The van der Waals surface area contributed by atoms with Crippen molar-refractivity contribution in [2.24, 2.45) is 5.92 Å². The van der Waals surface area contributed by atoms with Crippen molar-refractivity contribution >= 4 is 21.9 Å². The third kappa shape index (κ3) is 12.4. The second-order valence-electron chi connectivity index (χ2n) is 9.05. The average Bonchev–Trinajstić information content (AvgIpc) is 3.01. The van der Waals surface area contributed by atoms with Crippen LogP contribution >= 0.6 is 15.9 Å². The lowest BCUT2D eigenvalue weighted by Crippen LogP contribution is -2.26. The van der Waals surface area contributed by atoms with Crippen LogP contribution in [-0.4, -0.2) is 29.1 Å². The summed E-state index contributed by atoms with van der Waals surface area (Å²) in [7, 11) is 0. The van der Waals surface area contributed by atoms with Gasteiger partial charge in [0, 0.05) is 12.3 Å². The van der Waals surface area contributed by atoms with Gasteiger partial charge < -0.3 is 9.47 Å². The minimum atomic E-state index is -0.209. The number of allylic oxidation sites excluding steroid dienone is 5. The number of esters is 1. The zero-order chi connectivity index (χ0) is 21.7. The van der Waals surface area contributed by atoms with Gasteiger partial charge in [0.15, 0.2) is 0 Å². The number of rotatable bonds is 12. The Morgan fingerprint density at radius 1 is 1.14 bits per heavy atom. The van der Waals surface area contributed by atoms with Gasteiger partial charge in [0.25, 0.3) is 0 Å². The van der Waals surface area contributed by atoms with Crippen molar-refractivity contribution in [3.63, 3.8) is 0 Å². The summed E-state index contributed by atoms with van der Waals surface area (Å²) in [5.41, 5.74) is 1.02. The maximum atomic E-state index is 11.8. The van der Waals surface area contributed by atoms with E-state index in [1.807, 2.05) is 0 Å². The van der Waals surface area contributed by atoms with E-state index < -0.39 is 0 Å². The van der Waals surface area contributed by atoms with Crippen LogP contribution in [0.3, 0.4) is 0 Å². The first-order valence-electron chi connectivity index (χ1n) is 11.2. The minimum Gasteiger partial charge on any atom is -0.461 e. The highest BCUT2D eigenvalue weighted by Gasteiger charge is 2.37. The van der Waals surface area contributed by atoms with E-state index in [4.69, 9.17) is 9.47 Å². The molecule has 0 aromatic rings. The van der Waals surface area contributed by atoms with Crippen LogP contribution in [0.5, 0.6) is 0 Å². The number of hydrogen-bond donors (Lipinski definition) is 0. The smallest absolute Gasteiger partial charge is 0.316 e. The third-order valence-corrected chi connectivity index (χ3v) is 5.45. The van der Waals surface area contributed by atoms with Gasteiger partial charge >= 0.3 is 5.97 Å². The standard InChI is InChI=1S/C25H41BrO3/c1-6-7-8-9-10-11-12-13-14-20(2)15-16-21-17-22(29-25(3,4)5)18-23(21)28-24(27)19-26/h12-16,21-23H,6-11,17-19H2,1-5H3/b13-12+,16-15+,20-14+/t21-,22+,23-/m0/s1. The van der Waals surface area contributed by atoms with E-state index >= 15 is 0 Å². The van der Waals surface area contributed by atoms with E-state index in [0.717, 1.165) is 19.3 Å². The number of alkyl halides is 1. The van der Waals surface area contributed by atoms with E-state index in [-0.39, 0.29) is 35.0 Å². The molecule has 0 bridgehead atoms. The molecule has 4 heteroatoms. The van der Waals surface area contributed by atoms with Gasteiger partial charge in [-0.2, -0.15) is 0 Å². The average molecular weight is 470 g/mol. The Labute approximate surface area is 187 Å². The van der Waals surface area contributed by atoms with Crippen LogP contribution in [0.1, 0.15) is 86.0 Å². The number of carbonyl (C=O) groups is 1. The molecule has 1 fully saturated rings. The Bertz CT molecular complexity index is 557. The van der Waals surface area contributed by atoms with E-state index in [1.165, 1.54) is 37.7 Å². The highest BCUT2D eigenvalue weighted by Crippen LogP contribution is 2.34. The summed E-state index contributed by atoms with van der Waals surface area (Å²) in [5, 5.41) is 0.229. The predicted octanol–water partition coefficient (Wildman–Crippen LogP) is 7.31. The normalized spacial score (nSPS) is 23.4. The second kappa shape index (κ2) is 14.2. The van der Waals surface area contributed by atoms with E-state index in [2.05, 4.69) is 80.9 Å².